The molecule has 1 amide bonds. The molecule has 6 N–H and O–H groups in total. The minimum Gasteiger partial charge on any atom is -0.454 e. The van der Waals surface area contributed by atoms with Gasteiger partial charge in [-0.05, 0) is 96.3 Å². The number of rotatable bonds is 51. The second-order valence-electron chi connectivity index (χ2n) is 21.1. The van der Waals surface area contributed by atoms with E-state index in [0.717, 1.165) is 128 Å². The van der Waals surface area contributed by atoms with Gasteiger partial charge < -0.3 is 45.1 Å². The molecule has 1 aliphatic rings. The van der Waals surface area contributed by atoms with Crippen molar-refractivity contribution in [2.75, 3.05) is 13.2 Å². The molecule has 11 heteroatoms. The van der Waals surface area contributed by atoms with Crippen molar-refractivity contribution in [2.45, 2.75) is 282 Å². The van der Waals surface area contributed by atoms with E-state index >= 15 is 0 Å². The van der Waals surface area contributed by atoms with Crippen LogP contribution in [0.1, 0.15) is 233 Å². The molecule has 8 unspecified atom stereocenters. The molecule has 0 spiro atoms. The SMILES string of the molecule is CC/C=C\C/C=C\C/C=C\C/C=C\C/C=C\C/C=C\CCCCCCCCCCC(=O)OC1C(OCC(NC(=O)C(O)CCCCCC\C=C/C=C/C=C/CC)C(O)/C=C/CCCCCCCCCCC)OC(CO)C(O)C1O. The fraction of sp³-hybridized carbons (Fsp3) is 0.676. The van der Waals surface area contributed by atoms with Gasteiger partial charge in [-0.15, -0.1) is 0 Å². The lowest BCUT2D eigenvalue weighted by Gasteiger charge is -2.41. The molecule has 0 aromatic heterocycles. The Hall–Kier alpha value is -3.94. The van der Waals surface area contributed by atoms with Crippen molar-refractivity contribution in [3.63, 3.8) is 0 Å². The number of esters is 1. The van der Waals surface area contributed by atoms with Crippen LogP contribution in [0.3, 0.4) is 0 Å². The van der Waals surface area contributed by atoms with E-state index in [4.69, 9.17) is 14.2 Å². The van der Waals surface area contributed by atoms with Crippen LogP contribution in [0.25, 0.3) is 0 Å². The van der Waals surface area contributed by atoms with E-state index in [1.165, 1.54) is 57.8 Å². The standard InChI is InChI=1S/C68H113NO10/c1-4-7-10-13-16-19-22-24-25-26-27-28-29-30-31-32-33-34-35-36-37-38-41-44-47-50-53-56-63(73)79-66-65(75)64(74)62(57-70)78-68(66)77-58-59(60(71)54-51-48-45-42-39-21-18-15-12-9-6-3)69-67(76)61(72)55-52-49-46-43-40-23-20-17-14-11-8-5-2/h7-8,10-11,14,16-17,19-20,23-25,27-28,30-31,33-34,51,54,59-62,64-66,68,70-72,74-75H,4-6,9,12-13,15,18,21-22,26,29,32,35-50,52-53,55-58H2,1-3H3,(H,69,76)/b10-7-,11-8+,17-14+,19-16-,23-20-,25-24-,28-27-,31-30-,34-33-,54-51+. The first-order chi connectivity index (χ1) is 38.7. The van der Waals surface area contributed by atoms with E-state index in [2.05, 4.69) is 111 Å². The van der Waals surface area contributed by atoms with Crippen molar-refractivity contribution in [3.05, 3.63) is 122 Å². The summed E-state index contributed by atoms with van der Waals surface area (Å²) in [6, 6.07) is -1.04. The highest BCUT2D eigenvalue weighted by Crippen LogP contribution is 2.26. The maximum Gasteiger partial charge on any atom is 0.306 e. The molecule has 1 heterocycles. The van der Waals surface area contributed by atoms with Crippen molar-refractivity contribution in [3.8, 4) is 0 Å². The average molecular weight is 1100 g/mol. The van der Waals surface area contributed by atoms with E-state index in [0.29, 0.717) is 12.8 Å². The Labute approximate surface area is 480 Å². The van der Waals surface area contributed by atoms with Crippen LogP contribution in [0.2, 0.25) is 0 Å². The molecular weight excluding hydrogens is 991 g/mol. The molecule has 0 aliphatic carbocycles. The molecule has 79 heavy (non-hydrogen) atoms. The van der Waals surface area contributed by atoms with Crippen LogP contribution in [0, 0.1) is 0 Å². The number of carbonyl (C=O) groups is 2. The van der Waals surface area contributed by atoms with E-state index in [9.17, 15) is 35.1 Å². The molecule has 1 fully saturated rings. The minimum atomic E-state index is -1.63. The maximum absolute atomic E-state index is 13.4. The summed E-state index contributed by atoms with van der Waals surface area (Å²) in [6.07, 6.45) is 65.3. The lowest BCUT2D eigenvalue weighted by Crippen LogP contribution is -2.61. The summed E-state index contributed by atoms with van der Waals surface area (Å²) in [4.78, 5) is 26.5. The fourth-order valence-corrected chi connectivity index (χ4v) is 9.01. The summed E-state index contributed by atoms with van der Waals surface area (Å²) in [7, 11) is 0. The van der Waals surface area contributed by atoms with Gasteiger partial charge in [0.2, 0.25) is 5.91 Å². The molecular formula is C68H113NO10. The molecule has 1 aliphatic heterocycles. The summed E-state index contributed by atoms with van der Waals surface area (Å²) in [5.74, 6) is -1.23. The van der Waals surface area contributed by atoms with Crippen LogP contribution in [-0.2, 0) is 23.8 Å². The topological polar surface area (TPSA) is 175 Å². The number of aliphatic hydroxyl groups is 5. The van der Waals surface area contributed by atoms with Crippen LogP contribution >= 0.6 is 0 Å². The van der Waals surface area contributed by atoms with Crippen molar-refractivity contribution in [2.24, 2.45) is 0 Å². The number of nitrogens with one attached hydrogen (secondary N) is 1. The molecule has 0 bridgehead atoms. The highest BCUT2D eigenvalue weighted by atomic mass is 16.7. The first-order valence-corrected chi connectivity index (χ1v) is 31.3. The summed E-state index contributed by atoms with van der Waals surface area (Å²) in [5, 5.41) is 56.9. The Kier molecular flexibility index (Phi) is 50.5. The second-order valence-corrected chi connectivity index (χ2v) is 21.1. The average Bonchev–Trinajstić information content (AvgIpc) is 3.47. The molecule has 0 radical (unpaired) electrons. The molecule has 450 valence electrons. The van der Waals surface area contributed by atoms with Gasteiger partial charge in [0.1, 0.15) is 24.4 Å². The van der Waals surface area contributed by atoms with E-state index in [-0.39, 0.29) is 19.4 Å². The zero-order chi connectivity index (χ0) is 57.5. The monoisotopic (exact) mass is 1100 g/mol. The Morgan fingerprint density at radius 1 is 0.519 bits per heavy atom. The predicted molar refractivity (Wildman–Crippen MR) is 328 cm³/mol. The van der Waals surface area contributed by atoms with E-state index in [1.807, 2.05) is 30.4 Å². The number of amides is 1. The number of hydrogen-bond acceptors (Lipinski definition) is 10. The summed E-state index contributed by atoms with van der Waals surface area (Å²) < 4.78 is 17.6. The Morgan fingerprint density at radius 3 is 1.51 bits per heavy atom. The summed E-state index contributed by atoms with van der Waals surface area (Å²) in [5.41, 5.74) is 0. The van der Waals surface area contributed by atoms with Gasteiger partial charge in [0, 0.05) is 6.42 Å². The van der Waals surface area contributed by atoms with Gasteiger partial charge in [-0.1, -0.05) is 251 Å². The largest absolute Gasteiger partial charge is 0.454 e. The van der Waals surface area contributed by atoms with Crippen LogP contribution < -0.4 is 5.32 Å². The van der Waals surface area contributed by atoms with Crippen molar-refractivity contribution < 1.29 is 49.3 Å². The third kappa shape index (κ3) is 42.6. The number of ether oxygens (including phenoxy) is 3. The third-order valence-corrected chi connectivity index (χ3v) is 13.9. The fourth-order valence-electron chi connectivity index (χ4n) is 9.01. The number of unbranched alkanes of at least 4 members (excludes halogenated alkanes) is 21. The number of aliphatic hydroxyl groups excluding tert-OH is 5. The molecule has 0 saturated carbocycles. The quantitative estimate of drug-likeness (QED) is 0.0149. The first kappa shape index (κ1) is 73.1. The molecule has 8 atom stereocenters. The lowest BCUT2D eigenvalue weighted by molar-refractivity contribution is -0.305. The van der Waals surface area contributed by atoms with Gasteiger partial charge in [-0.25, -0.2) is 0 Å². The van der Waals surface area contributed by atoms with Crippen molar-refractivity contribution in [1.82, 2.24) is 5.32 Å². The summed E-state index contributed by atoms with van der Waals surface area (Å²) >= 11 is 0. The zero-order valence-electron chi connectivity index (χ0n) is 49.7. The highest BCUT2D eigenvalue weighted by molar-refractivity contribution is 5.80. The molecule has 0 aromatic rings. The van der Waals surface area contributed by atoms with Crippen LogP contribution in [-0.4, -0.2) is 99.6 Å². The minimum absolute atomic E-state index is 0.103. The van der Waals surface area contributed by atoms with E-state index < -0.39 is 67.4 Å². The van der Waals surface area contributed by atoms with Crippen molar-refractivity contribution >= 4 is 11.9 Å². The molecule has 1 saturated heterocycles. The first-order valence-electron chi connectivity index (χ1n) is 31.3. The van der Waals surface area contributed by atoms with Crippen LogP contribution in [0.4, 0.5) is 0 Å². The highest BCUT2D eigenvalue weighted by Gasteiger charge is 2.47. The van der Waals surface area contributed by atoms with Gasteiger partial charge in [0.05, 0.1) is 25.4 Å². The third-order valence-electron chi connectivity index (χ3n) is 13.9. The Balaban J connectivity index is 2.59. The Morgan fingerprint density at radius 2 is 0.975 bits per heavy atom. The maximum atomic E-state index is 13.4. The van der Waals surface area contributed by atoms with Crippen molar-refractivity contribution in [1.29, 1.82) is 0 Å². The zero-order valence-corrected chi connectivity index (χ0v) is 49.7. The van der Waals surface area contributed by atoms with Gasteiger partial charge >= 0.3 is 5.97 Å². The Bertz CT molecular complexity index is 1740. The normalized spacial score (nSPS) is 19.7. The molecule has 11 nitrogen and oxygen atoms in total. The van der Waals surface area contributed by atoms with Gasteiger partial charge in [-0.3, -0.25) is 9.59 Å². The molecule has 0 aromatic carbocycles. The number of hydrogen-bond donors (Lipinski definition) is 6. The predicted octanol–water partition coefficient (Wildman–Crippen LogP) is 15.1. The van der Waals surface area contributed by atoms with Gasteiger partial charge in [0.15, 0.2) is 12.4 Å². The molecule has 1 rings (SSSR count). The van der Waals surface area contributed by atoms with E-state index in [1.54, 1.807) is 6.08 Å². The van der Waals surface area contributed by atoms with Crippen LogP contribution in [0.15, 0.2) is 122 Å². The summed E-state index contributed by atoms with van der Waals surface area (Å²) in [6.45, 7) is 5.49. The second kappa shape index (κ2) is 54.6. The lowest BCUT2D eigenvalue weighted by atomic mass is 9.99. The van der Waals surface area contributed by atoms with Crippen LogP contribution in [0.5, 0.6) is 0 Å². The number of carbonyl (C=O) groups excluding carboxylic acids is 2. The smallest absolute Gasteiger partial charge is 0.306 e. The van der Waals surface area contributed by atoms with Gasteiger partial charge in [0.25, 0.3) is 0 Å². The van der Waals surface area contributed by atoms with Gasteiger partial charge in [-0.2, -0.15) is 0 Å². The number of allylic oxidation sites excluding steroid dienone is 19.